The van der Waals surface area contributed by atoms with Gasteiger partial charge in [0.05, 0.1) is 13.2 Å². The average Bonchev–Trinajstić information content (AvgIpc) is 2.16. The van der Waals surface area contributed by atoms with Gasteiger partial charge in [-0.2, -0.15) is 0 Å². The van der Waals surface area contributed by atoms with Crippen molar-refractivity contribution in [2.24, 2.45) is 0 Å². The van der Waals surface area contributed by atoms with E-state index in [4.69, 9.17) is 13.3 Å². The summed E-state index contributed by atoms with van der Waals surface area (Å²) in [6, 6.07) is 0. The van der Waals surface area contributed by atoms with Crippen LogP contribution in [0.1, 0.15) is 6.92 Å². The molecule has 0 aliphatic heterocycles. The fraction of sp³-hybridized carbons (Fsp3) is 1.00. The van der Waals surface area contributed by atoms with Crippen LogP contribution in [0, 0.1) is 0 Å². The predicted molar refractivity (Wildman–Crippen MR) is 67.8 cm³/mol. The van der Waals surface area contributed by atoms with E-state index < -0.39 is 9.53 Å². The Labute approximate surface area is 101 Å². The molecule has 6 heteroatoms. The molecular weight excluding hydrogens is 224 g/mol. The minimum atomic E-state index is -1.90. The quantitative estimate of drug-likeness (QED) is 0.506. The Bertz CT molecular complexity index is 145. The molecule has 0 spiro atoms. The van der Waals surface area contributed by atoms with Crippen molar-refractivity contribution in [3.05, 3.63) is 0 Å². The lowest BCUT2D eigenvalue weighted by molar-refractivity contribution is 0.0865. The molecule has 0 amide bonds. The van der Waals surface area contributed by atoms with Crippen LogP contribution in [0.3, 0.4) is 0 Å². The third-order valence-electron chi connectivity index (χ3n) is 1.89. The first-order chi connectivity index (χ1) is 7.56. The summed E-state index contributed by atoms with van der Waals surface area (Å²) >= 11 is 0. The fourth-order valence-electron chi connectivity index (χ4n) is 0.943. The summed E-state index contributed by atoms with van der Waals surface area (Å²) in [5, 5.41) is 0. The zero-order valence-electron chi connectivity index (χ0n) is 11.2. The summed E-state index contributed by atoms with van der Waals surface area (Å²) in [5.74, 6) is 0. The minimum Gasteiger partial charge on any atom is -0.376 e. The second-order valence-corrected chi connectivity index (χ2v) is 5.67. The van der Waals surface area contributed by atoms with Gasteiger partial charge in [-0.25, -0.2) is 0 Å². The first-order valence-electron chi connectivity index (χ1n) is 5.70. The Hall–Kier alpha value is 0.0169. The highest BCUT2D eigenvalue weighted by molar-refractivity contribution is 6.36. The summed E-state index contributed by atoms with van der Waals surface area (Å²) in [6.07, 6.45) is 0. The summed E-state index contributed by atoms with van der Waals surface area (Å²) in [4.78, 5) is 4.16. The predicted octanol–water partition coefficient (Wildman–Crippen LogP) is -0.103. The smallest absolute Gasteiger partial charge is 0.376 e. The molecular formula is C10H26N2O3Si. The van der Waals surface area contributed by atoms with Crippen LogP contribution in [0.4, 0.5) is 0 Å². The highest BCUT2D eigenvalue weighted by Crippen LogP contribution is 1.93. The van der Waals surface area contributed by atoms with Gasteiger partial charge in [-0.15, -0.1) is 0 Å². The molecule has 0 aromatic heterocycles. The lowest BCUT2D eigenvalue weighted by Crippen LogP contribution is -2.33. The summed E-state index contributed by atoms with van der Waals surface area (Å²) < 4.78 is 16.7. The largest absolute Gasteiger partial charge is 0.484 e. The number of nitrogens with zero attached hydrogens (tertiary/aromatic N) is 2. The van der Waals surface area contributed by atoms with E-state index in [-0.39, 0.29) is 0 Å². The lowest BCUT2D eigenvalue weighted by atomic mass is 10.6. The summed E-state index contributed by atoms with van der Waals surface area (Å²) in [5.41, 5.74) is 0. The normalized spacial score (nSPS) is 12.0. The zero-order valence-corrected chi connectivity index (χ0v) is 12.4. The van der Waals surface area contributed by atoms with Gasteiger partial charge in [-0.1, -0.05) is 0 Å². The van der Waals surface area contributed by atoms with E-state index in [1.54, 1.807) is 0 Å². The van der Waals surface area contributed by atoms with E-state index >= 15 is 0 Å². The van der Waals surface area contributed by atoms with Crippen molar-refractivity contribution in [1.29, 1.82) is 0 Å². The Morgan fingerprint density at radius 1 is 0.812 bits per heavy atom. The lowest BCUT2D eigenvalue weighted by Gasteiger charge is -2.18. The van der Waals surface area contributed by atoms with Crippen LogP contribution in [0.2, 0.25) is 0 Å². The van der Waals surface area contributed by atoms with Crippen LogP contribution >= 0.6 is 0 Å². The molecule has 0 saturated heterocycles. The number of rotatable bonds is 10. The molecule has 0 rings (SSSR count). The van der Waals surface area contributed by atoms with Gasteiger partial charge in [0.25, 0.3) is 0 Å². The maximum Gasteiger partial charge on any atom is 0.484 e. The Balaban J connectivity index is 3.61. The van der Waals surface area contributed by atoms with Crippen LogP contribution in [-0.2, 0) is 13.3 Å². The van der Waals surface area contributed by atoms with Crippen molar-refractivity contribution in [3.8, 4) is 0 Å². The molecule has 0 fully saturated rings. The van der Waals surface area contributed by atoms with Crippen LogP contribution in [-0.4, -0.2) is 80.4 Å². The molecule has 0 saturated carbocycles. The molecule has 0 aromatic rings. The molecule has 0 aliphatic carbocycles. The Morgan fingerprint density at radius 2 is 1.25 bits per heavy atom. The Kier molecular flexibility index (Phi) is 10.2. The van der Waals surface area contributed by atoms with Crippen molar-refractivity contribution in [2.75, 3.05) is 61.1 Å². The second kappa shape index (κ2) is 10.2. The van der Waals surface area contributed by atoms with Crippen LogP contribution in [0.25, 0.3) is 0 Å². The van der Waals surface area contributed by atoms with E-state index in [0.717, 1.165) is 13.1 Å². The van der Waals surface area contributed by atoms with E-state index in [1.165, 1.54) is 0 Å². The third kappa shape index (κ3) is 10.5. The molecule has 0 bridgehead atoms. The SMILES string of the molecule is CCO[SiH](OCCN(C)C)OCCN(C)C. The maximum atomic E-state index is 5.61. The van der Waals surface area contributed by atoms with Gasteiger partial charge in [0, 0.05) is 19.7 Å². The number of likely N-dealkylation sites (N-methyl/N-ethyl adjacent to an activating group) is 2. The zero-order chi connectivity index (χ0) is 12.4. The molecule has 16 heavy (non-hydrogen) atoms. The van der Waals surface area contributed by atoms with E-state index in [9.17, 15) is 0 Å². The van der Waals surface area contributed by atoms with Gasteiger partial charge in [0.15, 0.2) is 0 Å². The number of hydrogen-bond donors (Lipinski definition) is 0. The van der Waals surface area contributed by atoms with Crippen molar-refractivity contribution in [2.45, 2.75) is 6.92 Å². The summed E-state index contributed by atoms with van der Waals surface area (Å²) in [6.45, 7) is 5.75. The minimum absolute atomic E-state index is 0.654. The highest BCUT2D eigenvalue weighted by atomic mass is 28.3. The molecule has 0 aliphatic rings. The number of hydrogen-bond acceptors (Lipinski definition) is 5. The molecule has 0 atom stereocenters. The monoisotopic (exact) mass is 250 g/mol. The van der Waals surface area contributed by atoms with Crippen LogP contribution in [0.5, 0.6) is 0 Å². The van der Waals surface area contributed by atoms with Gasteiger partial charge in [-0.3, -0.25) is 0 Å². The Morgan fingerprint density at radius 3 is 1.56 bits per heavy atom. The van der Waals surface area contributed by atoms with Gasteiger partial charge < -0.3 is 23.1 Å². The molecule has 0 radical (unpaired) electrons. The van der Waals surface area contributed by atoms with Crippen LogP contribution in [0.15, 0.2) is 0 Å². The average molecular weight is 250 g/mol. The van der Waals surface area contributed by atoms with Gasteiger partial charge >= 0.3 is 9.53 Å². The van der Waals surface area contributed by atoms with Crippen LogP contribution < -0.4 is 0 Å². The van der Waals surface area contributed by atoms with E-state index in [1.807, 2.05) is 35.1 Å². The third-order valence-corrected chi connectivity index (χ3v) is 3.51. The maximum absolute atomic E-state index is 5.61. The van der Waals surface area contributed by atoms with E-state index in [0.29, 0.717) is 19.8 Å². The molecule has 0 N–H and O–H groups in total. The molecule has 0 heterocycles. The second-order valence-electron chi connectivity index (χ2n) is 4.09. The first-order valence-corrected chi connectivity index (χ1v) is 7.12. The van der Waals surface area contributed by atoms with Gasteiger partial charge in [0.2, 0.25) is 0 Å². The highest BCUT2D eigenvalue weighted by Gasteiger charge is 2.14. The van der Waals surface area contributed by atoms with Crippen molar-refractivity contribution in [3.63, 3.8) is 0 Å². The summed E-state index contributed by atoms with van der Waals surface area (Å²) in [7, 11) is 6.18. The molecule has 98 valence electrons. The molecule has 5 nitrogen and oxygen atoms in total. The van der Waals surface area contributed by atoms with Gasteiger partial charge in [0.1, 0.15) is 0 Å². The van der Waals surface area contributed by atoms with E-state index in [2.05, 4.69) is 9.80 Å². The topological polar surface area (TPSA) is 34.2 Å². The molecule has 0 unspecified atom stereocenters. The standard InChI is InChI=1S/C10H26N2O3Si/c1-6-13-16(14-9-7-11(2)3)15-10-8-12(4)5/h16H,6-10H2,1-5H3. The first kappa shape index (κ1) is 16.0. The van der Waals surface area contributed by atoms with Gasteiger partial charge in [-0.05, 0) is 35.1 Å². The molecule has 0 aromatic carbocycles. The fourth-order valence-corrected chi connectivity index (χ4v) is 2.10. The van der Waals surface area contributed by atoms with Crippen molar-refractivity contribution < 1.29 is 13.3 Å². The van der Waals surface area contributed by atoms with Crippen molar-refractivity contribution in [1.82, 2.24) is 9.80 Å². The van der Waals surface area contributed by atoms with Crippen molar-refractivity contribution >= 4 is 9.53 Å².